The van der Waals surface area contributed by atoms with E-state index in [0.29, 0.717) is 48.3 Å². The number of fused-ring (bicyclic) bond motifs is 2. The van der Waals surface area contributed by atoms with Crippen LogP contribution in [0.1, 0.15) is 51.3 Å². The van der Waals surface area contributed by atoms with Crippen molar-refractivity contribution in [2.45, 2.75) is 64.6 Å². The van der Waals surface area contributed by atoms with Crippen molar-refractivity contribution < 1.29 is 18.8 Å². The van der Waals surface area contributed by atoms with Crippen LogP contribution >= 0.6 is 0 Å². The summed E-state index contributed by atoms with van der Waals surface area (Å²) in [6, 6.07) is 11.9. The van der Waals surface area contributed by atoms with E-state index in [1.165, 1.54) is 7.41 Å². The fraction of sp³-hybridized carbons (Fsp3) is 0.424. The number of anilines is 4. The van der Waals surface area contributed by atoms with Gasteiger partial charge in [0.1, 0.15) is 18.0 Å². The number of ether oxygens (including phenoxy) is 1. The molecule has 0 saturated heterocycles. The molecule has 233 valence electrons. The molecular weight excluding hydrogens is 583 g/mol. The highest BCUT2D eigenvalue weighted by Crippen LogP contribution is 2.46. The van der Waals surface area contributed by atoms with Gasteiger partial charge in [-0.2, -0.15) is 5.26 Å². The third-order valence-electron chi connectivity index (χ3n) is 9.36. The maximum absolute atomic E-state index is 12.1. The first-order valence-electron chi connectivity index (χ1n) is 15.1. The number of amides is 1. The molecule has 3 aromatic rings. The molecule has 10 nitrogen and oxygen atoms in total. The van der Waals surface area contributed by atoms with E-state index in [4.69, 9.17) is 14.1 Å². The van der Waals surface area contributed by atoms with Crippen molar-refractivity contribution in [2.75, 3.05) is 41.8 Å². The van der Waals surface area contributed by atoms with E-state index in [9.17, 15) is 14.9 Å². The number of carbonyl (C=O) groups excluding carboxylic acids is 2. The molecule has 1 amide bonds. The summed E-state index contributed by atoms with van der Waals surface area (Å²) in [5.41, 5.74) is 5.65. The summed E-state index contributed by atoms with van der Waals surface area (Å²) in [6.07, 6.45) is 3.18. The lowest BCUT2D eigenvalue weighted by atomic mass is 9.83. The van der Waals surface area contributed by atoms with Crippen molar-refractivity contribution in [1.29, 1.82) is 5.26 Å². The molecule has 1 aromatic heterocycles. The van der Waals surface area contributed by atoms with Gasteiger partial charge in [-0.1, -0.05) is 27.7 Å². The number of methoxy groups -OCH3 is 1. The Morgan fingerprint density at radius 3 is 2.67 bits per heavy atom. The van der Waals surface area contributed by atoms with Gasteiger partial charge in [0.15, 0.2) is 8.32 Å². The minimum Gasteiger partial charge on any atom is -0.494 e. The van der Waals surface area contributed by atoms with Crippen molar-refractivity contribution in [3.63, 3.8) is 0 Å². The fourth-order valence-electron chi connectivity index (χ4n) is 5.77. The molecule has 12 heteroatoms. The maximum atomic E-state index is 12.1. The average Bonchev–Trinajstić information content (AvgIpc) is 3.53. The molecule has 2 aromatic carbocycles. The summed E-state index contributed by atoms with van der Waals surface area (Å²) < 4.78 is 12.4. The number of nitrogens with zero attached hydrogens (tertiary/aromatic N) is 5. The highest BCUT2D eigenvalue weighted by atomic mass is 28.4. The van der Waals surface area contributed by atoms with Crippen LogP contribution in [-0.4, -0.2) is 64.6 Å². The molecule has 1 unspecified atom stereocenters. The topological polar surface area (TPSA) is 121 Å². The second-order valence-corrected chi connectivity index (χ2v) is 18.4. The Morgan fingerprint density at radius 2 is 2.02 bits per heavy atom. The first-order chi connectivity index (χ1) is 21.2. The zero-order chi connectivity index (χ0) is 32.7. The molecule has 0 aliphatic carbocycles. The molecule has 1 radical (unpaired) electrons. The number of hydrogen-bond acceptors (Lipinski definition) is 9. The summed E-state index contributed by atoms with van der Waals surface area (Å²) in [4.78, 5) is 36.6. The van der Waals surface area contributed by atoms with Crippen LogP contribution in [0.15, 0.2) is 36.5 Å². The summed E-state index contributed by atoms with van der Waals surface area (Å²) in [6.45, 7) is 16.4. The van der Waals surface area contributed by atoms with E-state index in [1.807, 2.05) is 29.1 Å². The lowest BCUT2D eigenvalue weighted by molar-refractivity contribution is -0.116. The quantitative estimate of drug-likeness (QED) is 0.240. The van der Waals surface area contributed by atoms with Gasteiger partial charge >= 0.3 is 7.41 Å². The van der Waals surface area contributed by atoms with E-state index >= 15 is 0 Å². The van der Waals surface area contributed by atoms with Crippen molar-refractivity contribution in [1.82, 2.24) is 9.97 Å². The molecule has 1 atom stereocenters. The van der Waals surface area contributed by atoms with Crippen LogP contribution in [0.3, 0.4) is 0 Å². The van der Waals surface area contributed by atoms with Crippen LogP contribution in [0, 0.1) is 11.3 Å². The molecule has 3 heterocycles. The second kappa shape index (κ2) is 11.9. The molecule has 0 saturated carbocycles. The third-order valence-corrected chi connectivity index (χ3v) is 13.8. The van der Waals surface area contributed by atoms with Gasteiger partial charge in [0, 0.05) is 55.5 Å². The Kier molecular flexibility index (Phi) is 8.55. The van der Waals surface area contributed by atoms with E-state index in [2.05, 4.69) is 63.2 Å². The normalized spacial score (nSPS) is 17.4. The molecule has 5 rings (SSSR count). The Morgan fingerprint density at radius 1 is 1.27 bits per heavy atom. The van der Waals surface area contributed by atoms with Gasteiger partial charge < -0.3 is 29.0 Å². The van der Waals surface area contributed by atoms with Crippen LogP contribution in [0.4, 0.5) is 23.0 Å². The number of rotatable bonds is 9. The Bertz CT molecular complexity index is 1700. The summed E-state index contributed by atoms with van der Waals surface area (Å²) >= 11 is 0. The van der Waals surface area contributed by atoms with Gasteiger partial charge in [0.2, 0.25) is 11.9 Å². The Balaban J connectivity index is 1.51. The number of nitriles is 1. The Labute approximate surface area is 267 Å². The first kappa shape index (κ1) is 32.2. The monoisotopic (exact) mass is 623 g/mol. The predicted octanol–water partition coefficient (Wildman–Crippen LogP) is 5.59. The fourth-order valence-corrected chi connectivity index (χ4v) is 6.88. The zero-order valence-electron chi connectivity index (χ0n) is 27.3. The zero-order valence-corrected chi connectivity index (χ0v) is 28.3. The number of hydrogen-bond donors (Lipinski definition) is 1. The van der Waals surface area contributed by atoms with Gasteiger partial charge in [-0.25, -0.2) is 9.97 Å². The van der Waals surface area contributed by atoms with Gasteiger partial charge in [-0.15, -0.1) is 0 Å². The molecule has 45 heavy (non-hydrogen) atoms. The number of benzene rings is 2. The second-order valence-electron chi connectivity index (χ2n) is 13.5. The third kappa shape index (κ3) is 6.07. The van der Waals surface area contributed by atoms with E-state index < -0.39 is 13.7 Å². The molecule has 0 spiro atoms. The van der Waals surface area contributed by atoms with Gasteiger partial charge in [-0.3, -0.25) is 4.79 Å². The van der Waals surface area contributed by atoms with Gasteiger partial charge in [0.25, 0.3) is 0 Å². The number of aromatic nitrogens is 2. The summed E-state index contributed by atoms with van der Waals surface area (Å²) in [5.74, 6) is 0.934. The van der Waals surface area contributed by atoms with E-state index in [-0.39, 0.29) is 10.9 Å². The molecule has 2 aliphatic rings. The van der Waals surface area contributed by atoms with Gasteiger partial charge in [0.05, 0.1) is 29.7 Å². The largest absolute Gasteiger partial charge is 0.494 e. The van der Waals surface area contributed by atoms with Crippen molar-refractivity contribution in [3.05, 3.63) is 53.2 Å². The maximum Gasteiger partial charge on any atom is 0.329 e. The highest BCUT2D eigenvalue weighted by molar-refractivity contribution is 6.74. The van der Waals surface area contributed by atoms with E-state index in [1.54, 1.807) is 25.1 Å². The van der Waals surface area contributed by atoms with Crippen molar-refractivity contribution >= 4 is 50.8 Å². The average molecular weight is 624 g/mol. The predicted molar refractivity (Wildman–Crippen MR) is 181 cm³/mol. The lowest BCUT2D eigenvalue weighted by Crippen LogP contribution is -2.46. The molecular formula is C33H40BN6O4Si. The number of carbonyl (C=O) groups is 2. The molecule has 2 aliphatic heterocycles. The number of nitrogens with one attached hydrogen (secondary N) is 1. The van der Waals surface area contributed by atoms with Gasteiger partial charge in [-0.05, 0) is 59.9 Å². The standard InChI is InChI=1S/C33H40BN6O4Si/c1-21(42)39-12-10-22-15-27(29(43-6)16-28(22)39)38-31-36-11-9-26(37-31)23-13-24(17-35)30-25(14-23)33(5,18-40(30)34-20-41)19-44-45(7,8)32(2,3)4/h9,11,13-16,20H,10,12,18-19H2,1-8H3,(H,36,37,38). The van der Waals surface area contributed by atoms with Crippen LogP contribution in [0.5, 0.6) is 5.75 Å². The lowest BCUT2D eigenvalue weighted by Gasteiger charge is -2.39. The Hall–Kier alpha value is -4.21. The molecule has 1 N–H and O–H groups in total. The van der Waals surface area contributed by atoms with Crippen molar-refractivity contribution in [2.24, 2.45) is 0 Å². The minimum absolute atomic E-state index is 0.00606. The molecule has 0 bridgehead atoms. The highest BCUT2D eigenvalue weighted by Gasteiger charge is 2.44. The van der Waals surface area contributed by atoms with E-state index in [0.717, 1.165) is 40.7 Å². The molecule has 0 fully saturated rings. The van der Waals surface area contributed by atoms with Crippen LogP contribution in [-0.2, 0) is 25.9 Å². The summed E-state index contributed by atoms with van der Waals surface area (Å²) in [7, 11) is 1.00. The summed E-state index contributed by atoms with van der Waals surface area (Å²) in [5, 5.41) is 13.6. The van der Waals surface area contributed by atoms with Crippen LogP contribution in [0.25, 0.3) is 11.3 Å². The first-order valence-corrected chi connectivity index (χ1v) is 18.0. The SMILES string of the molecule is COc1cc2c(cc1Nc1nccc(-c3cc(C#N)c4c(c3)C(C)(CO[Si](C)(C)C(C)(C)C)CN4[B]C=O)n1)CCN2C(C)=O. The van der Waals surface area contributed by atoms with Crippen molar-refractivity contribution in [3.8, 4) is 23.1 Å². The van der Waals surface area contributed by atoms with Crippen LogP contribution in [0.2, 0.25) is 18.1 Å². The van der Waals surface area contributed by atoms with Crippen LogP contribution < -0.4 is 19.8 Å². The smallest absolute Gasteiger partial charge is 0.329 e. The minimum atomic E-state index is -2.07.